The van der Waals surface area contributed by atoms with Gasteiger partial charge in [-0.15, -0.1) is 0 Å². The minimum absolute atomic E-state index is 0.0243. The Labute approximate surface area is 104 Å². The predicted octanol–water partition coefficient (Wildman–Crippen LogP) is 2.81. The van der Waals surface area contributed by atoms with Crippen molar-refractivity contribution in [2.24, 2.45) is 5.92 Å². The second-order valence-electron chi connectivity index (χ2n) is 4.19. The molecule has 0 aromatic heterocycles. The van der Waals surface area contributed by atoms with Crippen LogP contribution in [0.3, 0.4) is 0 Å². The lowest BCUT2D eigenvalue weighted by Crippen LogP contribution is -2.21. The van der Waals surface area contributed by atoms with Gasteiger partial charge in [0, 0.05) is 10.8 Å². The third-order valence-electron chi connectivity index (χ3n) is 3.04. The summed E-state index contributed by atoms with van der Waals surface area (Å²) in [5, 5.41) is 8.95. The molecule has 90 valence electrons. The lowest BCUT2D eigenvalue weighted by Gasteiger charge is -2.13. The van der Waals surface area contributed by atoms with Crippen molar-refractivity contribution >= 4 is 22.8 Å². The molecule has 0 saturated heterocycles. The van der Waals surface area contributed by atoms with E-state index in [1.165, 1.54) is 11.8 Å². The molecule has 1 N–H and O–H groups in total. The minimum atomic E-state index is -0.777. The van der Waals surface area contributed by atoms with E-state index in [-0.39, 0.29) is 16.3 Å². The molecule has 2 atom stereocenters. The van der Waals surface area contributed by atoms with Crippen molar-refractivity contribution in [1.29, 1.82) is 0 Å². The third-order valence-corrected chi connectivity index (χ3v) is 4.35. The van der Waals surface area contributed by atoms with Gasteiger partial charge in [0.05, 0.1) is 5.92 Å². The second-order valence-corrected chi connectivity index (χ2v) is 5.40. The Bertz CT molecular complexity index is 416. The van der Waals surface area contributed by atoms with Crippen molar-refractivity contribution in [3.05, 3.63) is 35.9 Å². The van der Waals surface area contributed by atoms with Crippen LogP contribution in [0, 0.1) is 5.92 Å². The summed E-state index contributed by atoms with van der Waals surface area (Å²) in [6.07, 6.45) is 2.41. The summed E-state index contributed by atoms with van der Waals surface area (Å²) in [5.74, 6) is -1.14. The van der Waals surface area contributed by atoms with Crippen LogP contribution in [0.2, 0.25) is 0 Å². The molecule has 0 radical (unpaired) electrons. The first-order chi connectivity index (χ1) is 8.18. The van der Waals surface area contributed by atoms with Crippen molar-refractivity contribution in [2.75, 3.05) is 0 Å². The van der Waals surface area contributed by atoms with Crippen LogP contribution in [-0.2, 0) is 4.79 Å². The Morgan fingerprint density at radius 1 is 1.18 bits per heavy atom. The monoisotopic (exact) mass is 250 g/mol. The van der Waals surface area contributed by atoms with Gasteiger partial charge in [-0.3, -0.25) is 9.59 Å². The molecular weight excluding hydrogens is 236 g/mol. The average molecular weight is 250 g/mol. The molecule has 1 aliphatic carbocycles. The highest BCUT2D eigenvalue weighted by atomic mass is 32.2. The molecule has 3 nitrogen and oxygen atoms in total. The van der Waals surface area contributed by atoms with Crippen LogP contribution in [0.1, 0.15) is 29.6 Å². The Kier molecular flexibility index (Phi) is 3.84. The van der Waals surface area contributed by atoms with Gasteiger partial charge in [0.2, 0.25) is 5.12 Å². The maximum atomic E-state index is 11.9. The zero-order valence-corrected chi connectivity index (χ0v) is 10.2. The maximum absolute atomic E-state index is 11.9. The van der Waals surface area contributed by atoms with Gasteiger partial charge in [-0.2, -0.15) is 0 Å². The number of benzene rings is 1. The van der Waals surface area contributed by atoms with E-state index < -0.39 is 5.97 Å². The van der Waals surface area contributed by atoms with Crippen molar-refractivity contribution in [2.45, 2.75) is 24.5 Å². The molecule has 0 amide bonds. The highest BCUT2D eigenvalue weighted by molar-refractivity contribution is 8.14. The van der Waals surface area contributed by atoms with Crippen LogP contribution in [0.4, 0.5) is 0 Å². The second kappa shape index (κ2) is 5.36. The summed E-state index contributed by atoms with van der Waals surface area (Å²) in [6.45, 7) is 0. The van der Waals surface area contributed by atoms with Gasteiger partial charge < -0.3 is 5.11 Å². The van der Waals surface area contributed by atoms with Crippen LogP contribution in [0.25, 0.3) is 0 Å². The number of carboxylic acids is 1. The predicted molar refractivity (Wildman–Crippen MR) is 67.1 cm³/mol. The van der Waals surface area contributed by atoms with E-state index in [0.29, 0.717) is 12.0 Å². The van der Waals surface area contributed by atoms with Gasteiger partial charge in [0.25, 0.3) is 0 Å². The molecular formula is C13H14O3S. The normalized spacial score (nSPS) is 23.5. The number of carbonyl (C=O) groups excluding carboxylic acids is 1. The molecule has 2 rings (SSSR count). The quantitative estimate of drug-likeness (QED) is 0.896. The highest BCUT2D eigenvalue weighted by Crippen LogP contribution is 2.36. The van der Waals surface area contributed by atoms with Gasteiger partial charge in [-0.05, 0) is 12.8 Å². The maximum Gasteiger partial charge on any atom is 0.307 e. The Morgan fingerprint density at radius 2 is 1.88 bits per heavy atom. The summed E-state index contributed by atoms with van der Waals surface area (Å²) < 4.78 is 0. The number of hydrogen-bond donors (Lipinski definition) is 1. The number of carbonyl (C=O) groups is 2. The van der Waals surface area contributed by atoms with E-state index >= 15 is 0 Å². The van der Waals surface area contributed by atoms with Crippen molar-refractivity contribution in [3.8, 4) is 0 Å². The molecule has 0 heterocycles. The SMILES string of the molecule is O=C(S[C@@H]1CCC[C@@H]1C(=O)O)c1ccccc1. The van der Waals surface area contributed by atoms with E-state index in [1.54, 1.807) is 12.1 Å². The minimum Gasteiger partial charge on any atom is -0.481 e. The lowest BCUT2D eigenvalue weighted by atomic mass is 10.1. The number of carboxylic acid groups (broad SMARTS) is 1. The fourth-order valence-electron chi connectivity index (χ4n) is 2.13. The van der Waals surface area contributed by atoms with Crippen LogP contribution < -0.4 is 0 Å². The van der Waals surface area contributed by atoms with Crippen LogP contribution in [-0.4, -0.2) is 21.4 Å². The van der Waals surface area contributed by atoms with Gasteiger partial charge in [-0.1, -0.05) is 48.5 Å². The number of aliphatic carboxylic acids is 1. The number of thioether (sulfide) groups is 1. The Balaban J connectivity index is 2.02. The summed E-state index contributed by atoms with van der Waals surface area (Å²) in [7, 11) is 0. The molecule has 0 unspecified atom stereocenters. The molecule has 0 spiro atoms. The number of rotatable bonds is 3. The van der Waals surface area contributed by atoms with E-state index in [1.807, 2.05) is 18.2 Å². The molecule has 4 heteroatoms. The molecule has 1 aromatic rings. The smallest absolute Gasteiger partial charge is 0.307 e. The fourth-order valence-corrected chi connectivity index (χ4v) is 3.38. The first kappa shape index (κ1) is 12.2. The van der Waals surface area contributed by atoms with E-state index in [4.69, 9.17) is 5.11 Å². The first-order valence-electron chi connectivity index (χ1n) is 5.67. The van der Waals surface area contributed by atoms with E-state index in [0.717, 1.165) is 12.8 Å². The van der Waals surface area contributed by atoms with Crippen molar-refractivity contribution in [1.82, 2.24) is 0 Å². The fraction of sp³-hybridized carbons (Fsp3) is 0.385. The lowest BCUT2D eigenvalue weighted by molar-refractivity contribution is -0.141. The molecule has 17 heavy (non-hydrogen) atoms. The van der Waals surface area contributed by atoms with Crippen LogP contribution in [0.15, 0.2) is 30.3 Å². The van der Waals surface area contributed by atoms with E-state index in [9.17, 15) is 9.59 Å². The van der Waals surface area contributed by atoms with Crippen LogP contribution in [0.5, 0.6) is 0 Å². The summed E-state index contributed by atoms with van der Waals surface area (Å²) in [5.41, 5.74) is 0.647. The zero-order chi connectivity index (χ0) is 12.3. The summed E-state index contributed by atoms with van der Waals surface area (Å²) in [6, 6.07) is 9.02. The summed E-state index contributed by atoms with van der Waals surface area (Å²) in [4.78, 5) is 22.9. The van der Waals surface area contributed by atoms with Gasteiger partial charge in [0.15, 0.2) is 0 Å². The largest absolute Gasteiger partial charge is 0.481 e. The van der Waals surface area contributed by atoms with Gasteiger partial charge in [0.1, 0.15) is 0 Å². The Hall–Kier alpha value is -1.29. The van der Waals surface area contributed by atoms with E-state index in [2.05, 4.69) is 0 Å². The third kappa shape index (κ3) is 2.88. The molecule has 1 fully saturated rings. The standard InChI is InChI=1S/C13H14O3S/c14-12(15)10-7-4-8-11(10)17-13(16)9-5-2-1-3-6-9/h1-3,5-6,10-11H,4,7-8H2,(H,14,15)/t10-,11+/m0/s1. The average Bonchev–Trinajstić information content (AvgIpc) is 2.78. The zero-order valence-electron chi connectivity index (χ0n) is 9.33. The molecule has 1 aliphatic rings. The number of hydrogen-bond acceptors (Lipinski definition) is 3. The summed E-state index contributed by atoms with van der Waals surface area (Å²) >= 11 is 1.18. The highest BCUT2D eigenvalue weighted by Gasteiger charge is 2.34. The molecule has 0 aliphatic heterocycles. The Morgan fingerprint density at radius 3 is 2.53 bits per heavy atom. The van der Waals surface area contributed by atoms with Gasteiger partial charge in [-0.25, -0.2) is 0 Å². The van der Waals surface area contributed by atoms with Crippen molar-refractivity contribution in [3.63, 3.8) is 0 Å². The van der Waals surface area contributed by atoms with Crippen molar-refractivity contribution < 1.29 is 14.7 Å². The van der Waals surface area contributed by atoms with Gasteiger partial charge >= 0.3 is 5.97 Å². The van der Waals surface area contributed by atoms with Crippen LogP contribution >= 0.6 is 11.8 Å². The molecule has 1 saturated carbocycles. The molecule has 0 bridgehead atoms. The molecule has 1 aromatic carbocycles. The topological polar surface area (TPSA) is 54.4 Å². The first-order valence-corrected chi connectivity index (χ1v) is 6.55.